The van der Waals surface area contributed by atoms with Gasteiger partial charge < -0.3 is 4.90 Å². The van der Waals surface area contributed by atoms with Crippen molar-refractivity contribution >= 4 is 15.9 Å². The fourth-order valence-electron chi connectivity index (χ4n) is 2.78. The molecular formula is C18H19N5O3S. The first-order valence-electron chi connectivity index (χ1n) is 8.02. The molecule has 0 fully saturated rings. The highest BCUT2D eigenvalue weighted by molar-refractivity contribution is 7.89. The van der Waals surface area contributed by atoms with Gasteiger partial charge in [0.2, 0.25) is 10.0 Å². The van der Waals surface area contributed by atoms with Crippen LogP contribution >= 0.6 is 0 Å². The highest BCUT2D eigenvalue weighted by atomic mass is 32.2. The molecular weight excluding hydrogens is 366 g/mol. The van der Waals surface area contributed by atoms with Gasteiger partial charge in [-0.3, -0.25) is 14.5 Å². The van der Waals surface area contributed by atoms with E-state index in [1.165, 1.54) is 21.7 Å². The summed E-state index contributed by atoms with van der Waals surface area (Å²) in [6, 6.07) is 9.68. The van der Waals surface area contributed by atoms with Gasteiger partial charge in [-0.15, -0.1) is 0 Å². The van der Waals surface area contributed by atoms with Crippen molar-refractivity contribution in [3.8, 4) is 22.4 Å². The van der Waals surface area contributed by atoms with Gasteiger partial charge in [-0.05, 0) is 29.8 Å². The maximum Gasteiger partial charge on any atom is 0.272 e. The van der Waals surface area contributed by atoms with E-state index >= 15 is 0 Å². The van der Waals surface area contributed by atoms with E-state index in [4.69, 9.17) is 5.14 Å². The Balaban J connectivity index is 2.25. The fraction of sp³-hybridized carbons (Fsp3) is 0.167. The third-order valence-corrected chi connectivity index (χ3v) is 5.01. The summed E-state index contributed by atoms with van der Waals surface area (Å²) >= 11 is 0. The Hall–Kier alpha value is -3.04. The average molecular weight is 385 g/mol. The normalized spacial score (nSPS) is 11.4. The number of hydrogen-bond acceptors (Lipinski definition) is 5. The van der Waals surface area contributed by atoms with Crippen LogP contribution in [-0.4, -0.2) is 48.1 Å². The second kappa shape index (κ2) is 6.93. The molecule has 0 saturated heterocycles. The smallest absolute Gasteiger partial charge is 0.272 e. The highest BCUT2D eigenvalue weighted by Gasteiger charge is 2.25. The molecule has 3 rings (SSSR count). The maximum absolute atomic E-state index is 12.7. The Kier molecular flexibility index (Phi) is 4.81. The Morgan fingerprint density at radius 3 is 2.15 bits per heavy atom. The molecule has 0 spiro atoms. The van der Waals surface area contributed by atoms with Crippen LogP contribution < -0.4 is 5.14 Å². The summed E-state index contributed by atoms with van der Waals surface area (Å²) in [6.07, 6.45) is 3.28. The standard InChI is InChI=1S/C18H19N5O3S/c1-22(2)18(24)17-15(12-8-10-20-11-9-12)16(21-23(17)3)13-4-6-14(7-5-13)27(19,25)26/h4-11H,1-3H3,(H2,19,25,26). The van der Waals surface area contributed by atoms with Crippen molar-refractivity contribution in [1.82, 2.24) is 19.7 Å². The molecule has 2 heterocycles. The van der Waals surface area contributed by atoms with Crippen LogP contribution in [0.25, 0.3) is 22.4 Å². The molecule has 2 aromatic heterocycles. The van der Waals surface area contributed by atoms with E-state index in [9.17, 15) is 13.2 Å². The molecule has 0 radical (unpaired) electrons. The molecule has 0 aliphatic rings. The van der Waals surface area contributed by atoms with Crippen LogP contribution in [0.2, 0.25) is 0 Å². The first-order valence-corrected chi connectivity index (χ1v) is 9.57. The summed E-state index contributed by atoms with van der Waals surface area (Å²) in [4.78, 5) is 18.3. The average Bonchev–Trinajstić information content (AvgIpc) is 2.98. The lowest BCUT2D eigenvalue weighted by Crippen LogP contribution is -2.24. The monoisotopic (exact) mass is 385 g/mol. The molecule has 2 N–H and O–H groups in total. The molecule has 0 bridgehead atoms. The number of sulfonamides is 1. The second-order valence-electron chi connectivity index (χ2n) is 6.20. The van der Waals surface area contributed by atoms with Gasteiger partial charge in [-0.2, -0.15) is 5.10 Å². The van der Waals surface area contributed by atoms with Crippen LogP contribution in [0.1, 0.15) is 10.5 Å². The topological polar surface area (TPSA) is 111 Å². The van der Waals surface area contributed by atoms with Crippen LogP contribution in [0.5, 0.6) is 0 Å². The number of hydrogen-bond donors (Lipinski definition) is 1. The van der Waals surface area contributed by atoms with E-state index in [-0.39, 0.29) is 10.8 Å². The zero-order chi connectivity index (χ0) is 19.8. The zero-order valence-corrected chi connectivity index (χ0v) is 15.9. The van der Waals surface area contributed by atoms with Crippen LogP contribution in [0.3, 0.4) is 0 Å². The summed E-state index contributed by atoms with van der Waals surface area (Å²) in [6.45, 7) is 0. The predicted octanol–water partition coefficient (Wildman–Crippen LogP) is 1.50. The fourth-order valence-corrected chi connectivity index (χ4v) is 3.29. The summed E-state index contributed by atoms with van der Waals surface area (Å²) < 4.78 is 24.5. The summed E-state index contributed by atoms with van der Waals surface area (Å²) in [5, 5.41) is 9.68. The van der Waals surface area contributed by atoms with Gasteiger partial charge in [-0.25, -0.2) is 13.6 Å². The van der Waals surface area contributed by atoms with Crippen LogP contribution in [0, 0.1) is 0 Å². The number of aromatic nitrogens is 3. The minimum Gasteiger partial charge on any atom is -0.343 e. The minimum absolute atomic E-state index is 0.0113. The SMILES string of the molecule is CN(C)C(=O)c1c(-c2ccncc2)c(-c2ccc(S(N)(=O)=O)cc2)nn1C. The highest BCUT2D eigenvalue weighted by Crippen LogP contribution is 2.34. The van der Waals surface area contributed by atoms with Crippen molar-refractivity contribution in [2.45, 2.75) is 4.90 Å². The summed E-state index contributed by atoms with van der Waals surface area (Å²) in [5.41, 5.74) is 3.10. The third kappa shape index (κ3) is 3.60. The number of amides is 1. The van der Waals surface area contributed by atoms with E-state index in [1.54, 1.807) is 57.8 Å². The first kappa shape index (κ1) is 18.7. The van der Waals surface area contributed by atoms with E-state index in [0.717, 1.165) is 5.56 Å². The van der Waals surface area contributed by atoms with Gasteiger partial charge in [0.25, 0.3) is 5.91 Å². The van der Waals surface area contributed by atoms with E-state index < -0.39 is 10.0 Å². The molecule has 27 heavy (non-hydrogen) atoms. The lowest BCUT2D eigenvalue weighted by molar-refractivity contribution is 0.0817. The quantitative estimate of drug-likeness (QED) is 0.731. The van der Waals surface area contributed by atoms with E-state index in [1.807, 2.05) is 0 Å². The van der Waals surface area contributed by atoms with Gasteiger partial charge in [0.1, 0.15) is 11.4 Å². The minimum atomic E-state index is -3.79. The maximum atomic E-state index is 12.7. The Morgan fingerprint density at radius 2 is 1.63 bits per heavy atom. The Bertz CT molecular complexity index is 1090. The number of primary sulfonamides is 1. The summed E-state index contributed by atoms with van der Waals surface area (Å²) in [5.74, 6) is -0.191. The Labute approximate surface area is 157 Å². The number of aryl methyl sites for hydroxylation is 1. The number of carbonyl (C=O) groups excluding carboxylic acids is 1. The van der Waals surface area contributed by atoms with Gasteiger partial charge in [0.15, 0.2) is 0 Å². The van der Waals surface area contributed by atoms with Crippen molar-refractivity contribution in [2.75, 3.05) is 14.1 Å². The number of nitrogens with zero attached hydrogens (tertiary/aromatic N) is 4. The molecule has 1 amide bonds. The van der Waals surface area contributed by atoms with Crippen molar-refractivity contribution in [3.05, 3.63) is 54.5 Å². The van der Waals surface area contributed by atoms with Gasteiger partial charge in [-0.1, -0.05) is 12.1 Å². The number of pyridine rings is 1. The number of rotatable bonds is 4. The van der Waals surface area contributed by atoms with Crippen molar-refractivity contribution < 1.29 is 13.2 Å². The van der Waals surface area contributed by atoms with Gasteiger partial charge >= 0.3 is 0 Å². The van der Waals surface area contributed by atoms with Crippen molar-refractivity contribution in [3.63, 3.8) is 0 Å². The largest absolute Gasteiger partial charge is 0.343 e. The van der Waals surface area contributed by atoms with Crippen LogP contribution in [0.15, 0.2) is 53.7 Å². The lowest BCUT2D eigenvalue weighted by Gasteiger charge is -2.12. The molecule has 1 aromatic carbocycles. The van der Waals surface area contributed by atoms with E-state index in [2.05, 4.69) is 10.1 Å². The van der Waals surface area contributed by atoms with Crippen LogP contribution in [0.4, 0.5) is 0 Å². The molecule has 8 nitrogen and oxygen atoms in total. The lowest BCUT2D eigenvalue weighted by atomic mass is 9.99. The summed E-state index contributed by atoms with van der Waals surface area (Å²) in [7, 11) is 1.26. The first-order chi connectivity index (χ1) is 12.7. The molecule has 140 valence electrons. The number of benzene rings is 1. The van der Waals surface area contributed by atoms with Gasteiger partial charge in [0.05, 0.1) is 4.90 Å². The number of nitrogens with two attached hydrogens (primary N) is 1. The molecule has 0 saturated carbocycles. The van der Waals surface area contributed by atoms with Crippen LogP contribution in [-0.2, 0) is 17.1 Å². The second-order valence-corrected chi connectivity index (χ2v) is 7.76. The molecule has 0 aliphatic carbocycles. The van der Waals surface area contributed by atoms with Crippen molar-refractivity contribution in [2.24, 2.45) is 12.2 Å². The van der Waals surface area contributed by atoms with Gasteiger partial charge in [0, 0.05) is 44.7 Å². The van der Waals surface area contributed by atoms with E-state index in [0.29, 0.717) is 22.5 Å². The number of carbonyl (C=O) groups is 1. The zero-order valence-electron chi connectivity index (χ0n) is 15.1. The predicted molar refractivity (Wildman–Crippen MR) is 101 cm³/mol. The molecule has 0 aliphatic heterocycles. The molecule has 3 aromatic rings. The Morgan fingerprint density at radius 1 is 1.04 bits per heavy atom. The molecule has 0 atom stereocenters. The molecule has 0 unspecified atom stereocenters. The van der Waals surface area contributed by atoms with Crippen molar-refractivity contribution in [1.29, 1.82) is 0 Å². The third-order valence-electron chi connectivity index (χ3n) is 4.08. The molecule has 9 heteroatoms.